The van der Waals surface area contributed by atoms with Gasteiger partial charge in [-0.05, 0) is 31.0 Å². The number of imidazole rings is 1. The zero-order chi connectivity index (χ0) is 21.8. The van der Waals surface area contributed by atoms with Crippen LogP contribution in [0.25, 0.3) is 17.2 Å². The van der Waals surface area contributed by atoms with Gasteiger partial charge in [-0.25, -0.2) is 36.5 Å². The molecule has 0 radical (unpaired) electrons. The molecule has 5 rings (SSSR count). The Labute approximate surface area is 178 Å². The first-order valence-corrected chi connectivity index (χ1v) is 11.9. The number of aromatic nitrogens is 4. The van der Waals surface area contributed by atoms with Crippen LogP contribution in [-0.2, 0) is 10.0 Å². The summed E-state index contributed by atoms with van der Waals surface area (Å²) in [5, 5.41) is 0. The highest BCUT2D eigenvalue weighted by Gasteiger charge is 2.49. The normalized spacial score (nSPS) is 19.3. The van der Waals surface area contributed by atoms with E-state index in [2.05, 4.69) is 19.9 Å². The molecule has 0 aliphatic carbocycles. The second-order valence-corrected chi connectivity index (χ2v) is 10.4. The van der Waals surface area contributed by atoms with Crippen molar-refractivity contribution in [1.29, 1.82) is 0 Å². The summed E-state index contributed by atoms with van der Waals surface area (Å²) in [4.78, 5) is 15.5. The van der Waals surface area contributed by atoms with Gasteiger partial charge in [0.15, 0.2) is 5.82 Å². The maximum atomic E-state index is 13.1. The minimum atomic E-state index is -3.16. The van der Waals surface area contributed by atoms with E-state index in [1.807, 2.05) is 6.07 Å². The van der Waals surface area contributed by atoms with E-state index in [9.17, 15) is 17.2 Å². The van der Waals surface area contributed by atoms with Crippen molar-refractivity contribution in [2.24, 2.45) is 5.41 Å². The SMILES string of the molecule is CS(=O)(=O)N1CC2(CCCN(c3ccnc(-c4cnc5ccc(C(F)F)cn45)n3)C2)C1. The summed E-state index contributed by atoms with van der Waals surface area (Å²) in [7, 11) is -3.16. The van der Waals surface area contributed by atoms with Crippen LogP contribution in [0, 0.1) is 5.41 Å². The first-order valence-electron chi connectivity index (χ1n) is 10.0. The molecule has 11 heteroatoms. The van der Waals surface area contributed by atoms with E-state index in [1.165, 1.54) is 22.8 Å². The molecule has 0 atom stereocenters. The molecule has 8 nitrogen and oxygen atoms in total. The van der Waals surface area contributed by atoms with Gasteiger partial charge >= 0.3 is 0 Å². The van der Waals surface area contributed by atoms with Gasteiger partial charge in [-0.15, -0.1) is 0 Å². The minimum absolute atomic E-state index is 0.0537. The average molecular weight is 448 g/mol. The maximum Gasteiger partial charge on any atom is 0.265 e. The number of nitrogens with zero attached hydrogens (tertiary/aromatic N) is 6. The molecular weight excluding hydrogens is 426 g/mol. The fourth-order valence-corrected chi connectivity index (χ4v) is 5.55. The topological polar surface area (TPSA) is 83.7 Å². The number of rotatable bonds is 4. The van der Waals surface area contributed by atoms with E-state index in [0.717, 1.165) is 31.7 Å². The van der Waals surface area contributed by atoms with E-state index < -0.39 is 16.4 Å². The molecule has 2 fully saturated rings. The van der Waals surface area contributed by atoms with Crippen LogP contribution < -0.4 is 4.90 Å². The van der Waals surface area contributed by atoms with Crippen molar-refractivity contribution in [1.82, 2.24) is 23.7 Å². The second kappa shape index (κ2) is 7.20. The number of pyridine rings is 1. The Hall–Kier alpha value is -2.66. The number of sulfonamides is 1. The summed E-state index contributed by atoms with van der Waals surface area (Å²) in [6.45, 7) is 2.60. The predicted octanol–water partition coefficient (Wildman–Crippen LogP) is 2.59. The van der Waals surface area contributed by atoms with Crippen LogP contribution in [0.1, 0.15) is 24.8 Å². The molecule has 2 aliphatic rings. The smallest absolute Gasteiger partial charge is 0.265 e. The molecule has 5 heterocycles. The number of piperidine rings is 1. The van der Waals surface area contributed by atoms with E-state index in [1.54, 1.807) is 22.9 Å². The standard InChI is InChI=1S/C20H22F2N6O2S/c1-31(29,30)27-12-20(13-27)6-2-8-26(11-20)17-5-7-23-19(25-17)15-9-24-16-4-3-14(18(21)22)10-28(15)16/h3-5,7,9-10,18H,2,6,8,11-13H2,1H3. The van der Waals surface area contributed by atoms with Gasteiger partial charge in [-0.2, -0.15) is 0 Å². The van der Waals surface area contributed by atoms with Gasteiger partial charge in [0.2, 0.25) is 10.0 Å². The molecule has 0 bridgehead atoms. The summed E-state index contributed by atoms with van der Waals surface area (Å²) < 4.78 is 52.9. The van der Waals surface area contributed by atoms with Gasteiger partial charge in [0, 0.05) is 49.6 Å². The summed E-state index contributed by atoms with van der Waals surface area (Å²) in [6, 6.07) is 4.73. The molecule has 31 heavy (non-hydrogen) atoms. The molecule has 0 aromatic carbocycles. The van der Waals surface area contributed by atoms with Gasteiger partial charge < -0.3 is 4.90 Å². The third kappa shape index (κ3) is 3.65. The highest BCUT2D eigenvalue weighted by molar-refractivity contribution is 7.88. The third-order valence-electron chi connectivity index (χ3n) is 6.13. The lowest BCUT2D eigenvalue weighted by molar-refractivity contribution is 0.0540. The number of hydrogen-bond donors (Lipinski definition) is 0. The average Bonchev–Trinajstić information content (AvgIpc) is 3.14. The van der Waals surface area contributed by atoms with Crippen LogP contribution >= 0.6 is 0 Å². The van der Waals surface area contributed by atoms with Crippen molar-refractivity contribution >= 4 is 21.5 Å². The molecule has 1 spiro atoms. The lowest BCUT2D eigenvalue weighted by Crippen LogP contribution is -2.64. The van der Waals surface area contributed by atoms with E-state index >= 15 is 0 Å². The summed E-state index contributed by atoms with van der Waals surface area (Å²) in [6.07, 6.45) is 5.19. The Bertz CT molecular complexity index is 1240. The highest BCUT2D eigenvalue weighted by atomic mass is 32.2. The number of anilines is 1. The van der Waals surface area contributed by atoms with E-state index in [-0.39, 0.29) is 11.0 Å². The van der Waals surface area contributed by atoms with Crippen LogP contribution in [0.2, 0.25) is 0 Å². The van der Waals surface area contributed by atoms with Crippen molar-refractivity contribution in [3.63, 3.8) is 0 Å². The third-order valence-corrected chi connectivity index (χ3v) is 7.32. The molecule has 3 aromatic rings. The van der Waals surface area contributed by atoms with Gasteiger partial charge in [0.05, 0.1) is 12.5 Å². The Kier molecular flexibility index (Phi) is 4.70. The first-order chi connectivity index (χ1) is 14.7. The Morgan fingerprint density at radius 1 is 1.13 bits per heavy atom. The van der Waals surface area contributed by atoms with Crippen LogP contribution in [0.3, 0.4) is 0 Å². The quantitative estimate of drug-likeness (QED) is 0.610. The Morgan fingerprint density at radius 3 is 2.68 bits per heavy atom. The lowest BCUT2D eigenvalue weighted by atomic mass is 9.75. The predicted molar refractivity (Wildman–Crippen MR) is 111 cm³/mol. The number of fused-ring (bicyclic) bond motifs is 1. The van der Waals surface area contributed by atoms with Gasteiger partial charge in [0.25, 0.3) is 6.43 Å². The molecule has 2 aliphatic heterocycles. The lowest BCUT2D eigenvalue weighted by Gasteiger charge is -2.53. The van der Waals surface area contributed by atoms with Crippen LogP contribution in [0.15, 0.2) is 36.8 Å². The van der Waals surface area contributed by atoms with Crippen LogP contribution in [-0.4, -0.2) is 64.5 Å². The van der Waals surface area contributed by atoms with Crippen LogP contribution in [0.4, 0.5) is 14.6 Å². The summed E-state index contributed by atoms with van der Waals surface area (Å²) in [5.74, 6) is 1.14. The van der Waals surface area contributed by atoms with Crippen molar-refractivity contribution < 1.29 is 17.2 Å². The monoisotopic (exact) mass is 448 g/mol. The zero-order valence-electron chi connectivity index (χ0n) is 16.9. The summed E-state index contributed by atoms with van der Waals surface area (Å²) in [5.41, 5.74) is 0.932. The van der Waals surface area contributed by atoms with Gasteiger partial charge in [0.1, 0.15) is 17.2 Å². The fourth-order valence-electron chi connectivity index (χ4n) is 4.54. The molecule has 0 amide bonds. The van der Waals surface area contributed by atoms with Gasteiger partial charge in [-0.3, -0.25) is 4.40 Å². The fraction of sp³-hybridized carbons (Fsp3) is 0.450. The number of alkyl halides is 2. The molecule has 2 saturated heterocycles. The molecule has 3 aromatic heterocycles. The van der Waals surface area contributed by atoms with E-state index in [4.69, 9.17) is 0 Å². The largest absolute Gasteiger partial charge is 0.356 e. The van der Waals surface area contributed by atoms with Crippen LogP contribution in [0.5, 0.6) is 0 Å². The highest BCUT2D eigenvalue weighted by Crippen LogP contribution is 2.41. The summed E-state index contributed by atoms with van der Waals surface area (Å²) >= 11 is 0. The zero-order valence-corrected chi connectivity index (χ0v) is 17.8. The molecule has 0 N–H and O–H groups in total. The number of hydrogen-bond acceptors (Lipinski definition) is 6. The second-order valence-electron chi connectivity index (χ2n) is 8.43. The van der Waals surface area contributed by atoms with E-state index in [0.29, 0.717) is 30.3 Å². The van der Waals surface area contributed by atoms with Gasteiger partial charge in [-0.1, -0.05) is 0 Å². The van der Waals surface area contributed by atoms with Crippen molar-refractivity contribution in [2.75, 3.05) is 37.3 Å². The molecule has 0 unspecified atom stereocenters. The molecule has 0 saturated carbocycles. The van der Waals surface area contributed by atoms with Crippen molar-refractivity contribution in [2.45, 2.75) is 19.3 Å². The minimum Gasteiger partial charge on any atom is -0.356 e. The van der Waals surface area contributed by atoms with Crippen molar-refractivity contribution in [3.8, 4) is 11.5 Å². The molecule has 164 valence electrons. The first kappa shape index (κ1) is 20.3. The maximum absolute atomic E-state index is 13.1. The number of halogens is 2. The Morgan fingerprint density at radius 2 is 1.94 bits per heavy atom. The van der Waals surface area contributed by atoms with Crippen molar-refractivity contribution in [3.05, 3.63) is 42.4 Å². The molecular formula is C20H22F2N6O2S. The Balaban J connectivity index is 1.42.